The van der Waals surface area contributed by atoms with Crippen LogP contribution in [0.15, 0.2) is 24.3 Å². The Balaban J connectivity index is 1.46. The number of nitrogens with one attached hydrogen (secondary N) is 1. The highest BCUT2D eigenvalue weighted by molar-refractivity contribution is 7.15. The van der Waals surface area contributed by atoms with Crippen LogP contribution in [-0.4, -0.2) is 23.3 Å². The number of rotatable bonds is 4. The SMILES string of the molecule is CCc1ccccc1N1CC(C(=O)Nc2nc3c(s2)CCCC3)CC1=O. The van der Waals surface area contributed by atoms with Crippen molar-refractivity contribution in [2.75, 3.05) is 16.8 Å². The topological polar surface area (TPSA) is 62.3 Å². The molecule has 2 aliphatic rings. The highest BCUT2D eigenvalue weighted by Gasteiger charge is 2.36. The van der Waals surface area contributed by atoms with E-state index >= 15 is 0 Å². The molecule has 1 aromatic heterocycles. The van der Waals surface area contributed by atoms with Crippen LogP contribution >= 0.6 is 11.3 Å². The molecule has 0 saturated carbocycles. The summed E-state index contributed by atoms with van der Waals surface area (Å²) in [5, 5.41) is 3.63. The summed E-state index contributed by atoms with van der Waals surface area (Å²) in [6.45, 7) is 2.51. The Morgan fingerprint density at radius 3 is 2.92 bits per heavy atom. The van der Waals surface area contributed by atoms with Crippen LogP contribution in [0.25, 0.3) is 0 Å². The van der Waals surface area contributed by atoms with E-state index in [1.807, 2.05) is 24.3 Å². The van der Waals surface area contributed by atoms with Gasteiger partial charge < -0.3 is 10.2 Å². The summed E-state index contributed by atoms with van der Waals surface area (Å²) in [5.74, 6) is -0.404. The third-order valence-corrected chi connectivity index (χ3v) is 6.31. The maximum Gasteiger partial charge on any atom is 0.231 e. The molecular formula is C20H23N3O2S. The van der Waals surface area contributed by atoms with Crippen molar-refractivity contribution in [1.29, 1.82) is 0 Å². The molecular weight excluding hydrogens is 346 g/mol. The molecule has 1 atom stereocenters. The van der Waals surface area contributed by atoms with Crippen molar-refractivity contribution in [3.8, 4) is 0 Å². The Morgan fingerprint density at radius 2 is 2.12 bits per heavy atom. The number of benzene rings is 1. The van der Waals surface area contributed by atoms with Gasteiger partial charge in [-0.25, -0.2) is 4.98 Å². The summed E-state index contributed by atoms with van der Waals surface area (Å²) in [5.41, 5.74) is 3.20. The number of fused-ring (bicyclic) bond motifs is 1. The van der Waals surface area contributed by atoms with Crippen LogP contribution in [0.5, 0.6) is 0 Å². The summed E-state index contributed by atoms with van der Waals surface area (Å²) < 4.78 is 0. The quantitative estimate of drug-likeness (QED) is 0.896. The van der Waals surface area contributed by atoms with E-state index in [1.165, 1.54) is 17.7 Å². The number of hydrogen-bond donors (Lipinski definition) is 1. The van der Waals surface area contributed by atoms with Crippen LogP contribution < -0.4 is 10.2 Å². The van der Waals surface area contributed by atoms with Gasteiger partial charge in [0.1, 0.15) is 0 Å². The average Bonchev–Trinajstić information content (AvgIpc) is 3.24. The Morgan fingerprint density at radius 1 is 1.31 bits per heavy atom. The first-order valence-corrected chi connectivity index (χ1v) is 10.1. The second-order valence-electron chi connectivity index (χ2n) is 6.97. The fraction of sp³-hybridized carbons (Fsp3) is 0.450. The maximum atomic E-state index is 12.7. The van der Waals surface area contributed by atoms with Gasteiger partial charge in [0.2, 0.25) is 11.8 Å². The smallest absolute Gasteiger partial charge is 0.231 e. The number of aromatic nitrogens is 1. The van der Waals surface area contributed by atoms with Gasteiger partial charge in [0.05, 0.1) is 11.6 Å². The first kappa shape index (κ1) is 17.2. The van der Waals surface area contributed by atoms with Gasteiger partial charge in [-0.15, -0.1) is 11.3 Å². The molecule has 0 bridgehead atoms. The number of carbonyl (C=O) groups excluding carboxylic acids is 2. The molecule has 1 fully saturated rings. The van der Waals surface area contributed by atoms with E-state index in [-0.39, 0.29) is 24.2 Å². The van der Waals surface area contributed by atoms with Crippen molar-refractivity contribution < 1.29 is 9.59 Å². The van der Waals surface area contributed by atoms with E-state index in [0.717, 1.165) is 36.2 Å². The van der Waals surface area contributed by atoms with Crippen LogP contribution in [0, 0.1) is 5.92 Å². The highest BCUT2D eigenvalue weighted by atomic mass is 32.1. The lowest BCUT2D eigenvalue weighted by Gasteiger charge is -2.19. The molecule has 136 valence electrons. The van der Waals surface area contributed by atoms with Crippen LogP contribution in [-0.2, 0) is 28.9 Å². The molecule has 6 heteroatoms. The van der Waals surface area contributed by atoms with E-state index < -0.39 is 0 Å². The minimum absolute atomic E-state index is 0.0180. The fourth-order valence-electron chi connectivity index (χ4n) is 3.80. The van der Waals surface area contributed by atoms with Gasteiger partial charge in [-0.1, -0.05) is 25.1 Å². The second kappa shape index (κ2) is 7.19. The number of para-hydroxylation sites is 1. The van der Waals surface area contributed by atoms with Gasteiger partial charge >= 0.3 is 0 Å². The largest absolute Gasteiger partial charge is 0.311 e. The average molecular weight is 369 g/mol. The molecule has 4 rings (SSSR count). The summed E-state index contributed by atoms with van der Waals surface area (Å²) >= 11 is 1.58. The lowest BCUT2D eigenvalue weighted by molar-refractivity contribution is -0.122. The van der Waals surface area contributed by atoms with E-state index in [1.54, 1.807) is 16.2 Å². The molecule has 1 aliphatic carbocycles. The van der Waals surface area contributed by atoms with Gasteiger partial charge in [-0.3, -0.25) is 9.59 Å². The summed E-state index contributed by atoms with van der Waals surface area (Å²) in [6.07, 6.45) is 5.56. The first-order chi connectivity index (χ1) is 12.7. The van der Waals surface area contributed by atoms with Crippen molar-refractivity contribution in [3.63, 3.8) is 0 Å². The number of aryl methyl sites for hydroxylation is 3. The van der Waals surface area contributed by atoms with Crippen LogP contribution in [0.4, 0.5) is 10.8 Å². The van der Waals surface area contributed by atoms with Crippen LogP contribution in [0.3, 0.4) is 0 Å². The van der Waals surface area contributed by atoms with Crippen molar-refractivity contribution >= 4 is 34.0 Å². The number of carbonyl (C=O) groups is 2. The minimum Gasteiger partial charge on any atom is -0.311 e. The lowest BCUT2D eigenvalue weighted by Crippen LogP contribution is -2.28. The number of nitrogens with zero attached hydrogens (tertiary/aromatic N) is 2. The van der Waals surface area contributed by atoms with Crippen molar-refractivity contribution in [2.45, 2.75) is 45.4 Å². The first-order valence-electron chi connectivity index (χ1n) is 9.33. The monoisotopic (exact) mass is 369 g/mol. The van der Waals surface area contributed by atoms with Crippen LogP contribution in [0.1, 0.15) is 42.3 Å². The second-order valence-corrected chi connectivity index (χ2v) is 8.06. The molecule has 1 N–H and O–H groups in total. The molecule has 2 amide bonds. The van der Waals surface area contributed by atoms with Gasteiger partial charge in [-0.2, -0.15) is 0 Å². The van der Waals surface area contributed by atoms with E-state index in [4.69, 9.17) is 0 Å². The van der Waals surface area contributed by atoms with Crippen molar-refractivity contribution in [1.82, 2.24) is 4.98 Å². The third kappa shape index (κ3) is 3.26. The summed E-state index contributed by atoms with van der Waals surface area (Å²) in [4.78, 5) is 32.8. The zero-order valence-corrected chi connectivity index (χ0v) is 15.8. The van der Waals surface area contributed by atoms with Gasteiger partial charge in [0, 0.05) is 23.5 Å². The number of amides is 2. The molecule has 1 unspecified atom stereocenters. The van der Waals surface area contributed by atoms with Crippen molar-refractivity contribution in [2.24, 2.45) is 5.92 Å². The van der Waals surface area contributed by atoms with Gasteiger partial charge in [0.15, 0.2) is 5.13 Å². The molecule has 1 aliphatic heterocycles. The molecule has 2 heterocycles. The van der Waals surface area contributed by atoms with E-state index in [2.05, 4.69) is 17.2 Å². The van der Waals surface area contributed by atoms with E-state index in [0.29, 0.717) is 11.7 Å². The highest BCUT2D eigenvalue weighted by Crippen LogP contribution is 2.32. The molecule has 5 nitrogen and oxygen atoms in total. The standard InChI is InChI=1S/C20H23N3O2S/c1-2-13-7-3-5-9-16(13)23-12-14(11-18(23)24)19(25)22-20-21-15-8-4-6-10-17(15)26-20/h3,5,7,9,14H,2,4,6,8,10-12H2,1H3,(H,21,22,25). The van der Waals surface area contributed by atoms with E-state index in [9.17, 15) is 9.59 Å². The Labute approximate surface area is 157 Å². The van der Waals surface area contributed by atoms with Crippen molar-refractivity contribution in [3.05, 3.63) is 40.4 Å². The molecule has 1 aromatic carbocycles. The fourth-order valence-corrected chi connectivity index (χ4v) is 4.85. The molecule has 0 spiro atoms. The Bertz CT molecular complexity index is 822. The lowest BCUT2D eigenvalue weighted by atomic mass is 10.0. The zero-order valence-electron chi connectivity index (χ0n) is 15.0. The number of anilines is 2. The molecule has 0 radical (unpaired) electrons. The Hall–Kier alpha value is -2.21. The molecule has 1 saturated heterocycles. The number of thiazole rings is 1. The Kier molecular flexibility index (Phi) is 4.76. The normalized spacial score (nSPS) is 19.5. The predicted octanol–water partition coefficient (Wildman–Crippen LogP) is 3.58. The molecule has 2 aromatic rings. The zero-order chi connectivity index (χ0) is 18.1. The summed E-state index contributed by atoms with van der Waals surface area (Å²) in [6, 6.07) is 7.93. The minimum atomic E-state index is -0.326. The number of hydrogen-bond acceptors (Lipinski definition) is 4. The molecule has 26 heavy (non-hydrogen) atoms. The van der Waals surface area contributed by atoms with Crippen LogP contribution in [0.2, 0.25) is 0 Å². The third-order valence-electron chi connectivity index (χ3n) is 5.23. The summed E-state index contributed by atoms with van der Waals surface area (Å²) in [7, 11) is 0. The van der Waals surface area contributed by atoms with Gasteiger partial charge in [-0.05, 0) is 43.7 Å². The predicted molar refractivity (Wildman–Crippen MR) is 104 cm³/mol. The van der Waals surface area contributed by atoms with Gasteiger partial charge in [0.25, 0.3) is 0 Å². The maximum absolute atomic E-state index is 12.7.